The summed E-state index contributed by atoms with van der Waals surface area (Å²) in [6.07, 6.45) is -2.43. The fourth-order valence-electron chi connectivity index (χ4n) is 1.81. The van der Waals surface area contributed by atoms with Crippen molar-refractivity contribution in [2.45, 2.75) is 33.0 Å². The topological polar surface area (TPSA) is 68.5 Å². The Morgan fingerprint density at radius 2 is 2.00 bits per heavy atom. The molecule has 0 fully saturated rings. The van der Waals surface area contributed by atoms with Gasteiger partial charge in [-0.1, -0.05) is 12.1 Å². The molecule has 0 radical (unpaired) electrons. The molecule has 2 heterocycles. The highest BCUT2D eigenvalue weighted by Crippen LogP contribution is 2.29. The van der Waals surface area contributed by atoms with Crippen LogP contribution in [0.5, 0.6) is 0 Å². The molecular formula is C12H15F3N6. The molecule has 21 heavy (non-hydrogen) atoms. The van der Waals surface area contributed by atoms with E-state index in [1.807, 2.05) is 6.92 Å². The molecule has 9 heteroatoms. The van der Waals surface area contributed by atoms with Gasteiger partial charge in [0.05, 0.1) is 11.9 Å². The molecule has 0 bridgehead atoms. The molecule has 0 unspecified atom stereocenters. The van der Waals surface area contributed by atoms with E-state index in [-0.39, 0.29) is 11.5 Å². The molecule has 2 aromatic heterocycles. The van der Waals surface area contributed by atoms with Crippen LogP contribution in [0.4, 0.5) is 19.0 Å². The van der Waals surface area contributed by atoms with Gasteiger partial charge < -0.3 is 5.32 Å². The van der Waals surface area contributed by atoms with Crippen LogP contribution in [0.15, 0.2) is 12.3 Å². The van der Waals surface area contributed by atoms with E-state index in [4.69, 9.17) is 0 Å². The Labute approximate surface area is 119 Å². The molecule has 0 amide bonds. The third-order valence-electron chi connectivity index (χ3n) is 2.65. The summed E-state index contributed by atoms with van der Waals surface area (Å²) in [6.45, 7) is 4.73. The molecule has 0 spiro atoms. The molecule has 0 saturated heterocycles. The van der Waals surface area contributed by atoms with Crippen LogP contribution in [0.3, 0.4) is 0 Å². The maximum absolute atomic E-state index is 12.9. The maximum atomic E-state index is 12.9. The Balaban J connectivity index is 2.51. The molecule has 2 rings (SSSR count). The van der Waals surface area contributed by atoms with Crippen LogP contribution >= 0.6 is 0 Å². The van der Waals surface area contributed by atoms with Gasteiger partial charge in [0, 0.05) is 19.2 Å². The van der Waals surface area contributed by atoms with Crippen LogP contribution in [0, 0.1) is 0 Å². The molecule has 2 aromatic rings. The number of nitrogens with one attached hydrogen (secondary N) is 1. The minimum absolute atomic E-state index is 0.124. The summed E-state index contributed by atoms with van der Waals surface area (Å²) in [5, 5.41) is 10.4. The zero-order valence-electron chi connectivity index (χ0n) is 11.6. The largest absolute Gasteiger partial charge is 0.451 e. The van der Waals surface area contributed by atoms with Crippen LogP contribution in [-0.4, -0.2) is 31.5 Å². The lowest BCUT2D eigenvalue weighted by Crippen LogP contribution is -2.14. The number of halogens is 3. The van der Waals surface area contributed by atoms with Crippen molar-refractivity contribution in [1.82, 2.24) is 25.0 Å². The monoisotopic (exact) mass is 300 g/mol. The molecular weight excluding hydrogens is 285 g/mol. The van der Waals surface area contributed by atoms with Crippen LogP contribution in [0.1, 0.15) is 26.1 Å². The highest BCUT2D eigenvalue weighted by molar-refractivity contribution is 5.58. The Morgan fingerprint density at radius 1 is 1.24 bits per heavy atom. The summed E-state index contributed by atoms with van der Waals surface area (Å²) in [7, 11) is 0. The van der Waals surface area contributed by atoms with E-state index in [1.54, 1.807) is 6.92 Å². The second kappa shape index (κ2) is 6.06. The molecule has 0 saturated carbocycles. The SMILES string of the molecule is CCCn1nncc1-c1cc(NCC)nc(C(F)(F)F)n1. The van der Waals surface area contributed by atoms with Crippen LogP contribution < -0.4 is 5.32 Å². The third-order valence-corrected chi connectivity index (χ3v) is 2.65. The lowest BCUT2D eigenvalue weighted by molar-refractivity contribution is -0.144. The minimum atomic E-state index is -4.61. The van der Waals surface area contributed by atoms with Crippen molar-refractivity contribution in [2.75, 3.05) is 11.9 Å². The quantitative estimate of drug-likeness (QED) is 0.919. The average Bonchev–Trinajstić information content (AvgIpc) is 2.86. The number of hydrogen-bond acceptors (Lipinski definition) is 5. The standard InChI is InChI=1S/C12H15F3N6/c1-3-5-21-9(7-17-20-21)8-6-10(16-4-2)19-11(18-8)12(13,14)15/h6-7H,3-5H2,1-2H3,(H,16,18,19). The Bertz CT molecular complexity index is 607. The summed E-state index contributed by atoms with van der Waals surface area (Å²) < 4.78 is 40.2. The van der Waals surface area contributed by atoms with E-state index in [0.717, 1.165) is 6.42 Å². The Morgan fingerprint density at radius 3 is 2.62 bits per heavy atom. The first-order valence-corrected chi connectivity index (χ1v) is 6.54. The second-order valence-corrected chi connectivity index (χ2v) is 4.33. The highest BCUT2D eigenvalue weighted by Gasteiger charge is 2.35. The summed E-state index contributed by atoms with van der Waals surface area (Å²) in [5.41, 5.74) is 0.579. The van der Waals surface area contributed by atoms with E-state index in [0.29, 0.717) is 18.8 Å². The summed E-state index contributed by atoms with van der Waals surface area (Å²) >= 11 is 0. The predicted molar refractivity (Wildman–Crippen MR) is 70.5 cm³/mol. The summed E-state index contributed by atoms with van der Waals surface area (Å²) in [6, 6.07) is 1.46. The molecule has 0 aliphatic heterocycles. The van der Waals surface area contributed by atoms with Crippen molar-refractivity contribution in [3.8, 4) is 11.4 Å². The van der Waals surface area contributed by atoms with Crippen molar-refractivity contribution < 1.29 is 13.2 Å². The predicted octanol–water partition coefficient (Wildman–Crippen LogP) is 2.60. The average molecular weight is 300 g/mol. The van der Waals surface area contributed by atoms with E-state index in [2.05, 4.69) is 25.6 Å². The molecule has 0 aromatic carbocycles. The number of rotatable bonds is 5. The van der Waals surface area contributed by atoms with Gasteiger partial charge in [0.15, 0.2) is 0 Å². The number of hydrogen-bond donors (Lipinski definition) is 1. The third kappa shape index (κ3) is 3.47. The van der Waals surface area contributed by atoms with Crippen molar-refractivity contribution in [3.63, 3.8) is 0 Å². The van der Waals surface area contributed by atoms with Gasteiger partial charge >= 0.3 is 6.18 Å². The smallest absolute Gasteiger partial charge is 0.370 e. The summed E-state index contributed by atoms with van der Waals surface area (Å²) in [5.74, 6) is -1.06. The van der Waals surface area contributed by atoms with Crippen molar-refractivity contribution in [1.29, 1.82) is 0 Å². The fourth-order valence-corrected chi connectivity index (χ4v) is 1.81. The first kappa shape index (κ1) is 15.2. The van der Waals surface area contributed by atoms with E-state index in [1.165, 1.54) is 16.9 Å². The van der Waals surface area contributed by atoms with Gasteiger partial charge in [0.25, 0.3) is 0 Å². The van der Waals surface area contributed by atoms with Gasteiger partial charge in [0.1, 0.15) is 11.5 Å². The highest BCUT2D eigenvalue weighted by atomic mass is 19.4. The van der Waals surface area contributed by atoms with E-state index in [9.17, 15) is 13.2 Å². The zero-order valence-corrected chi connectivity index (χ0v) is 11.6. The lowest BCUT2D eigenvalue weighted by Gasteiger charge is -2.11. The van der Waals surface area contributed by atoms with Crippen molar-refractivity contribution >= 4 is 5.82 Å². The number of alkyl halides is 3. The second-order valence-electron chi connectivity index (χ2n) is 4.33. The molecule has 0 aliphatic rings. The number of aryl methyl sites for hydroxylation is 1. The van der Waals surface area contributed by atoms with Crippen molar-refractivity contribution in [2.24, 2.45) is 0 Å². The Kier molecular flexibility index (Phi) is 4.39. The first-order valence-electron chi connectivity index (χ1n) is 6.54. The lowest BCUT2D eigenvalue weighted by atomic mass is 10.3. The molecule has 0 atom stereocenters. The van der Waals surface area contributed by atoms with Gasteiger partial charge in [0.2, 0.25) is 5.82 Å². The molecule has 0 aliphatic carbocycles. The number of anilines is 1. The van der Waals surface area contributed by atoms with E-state index >= 15 is 0 Å². The first-order chi connectivity index (χ1) is 9.95. The minimum Gasteiger partial charge on any atom is -0.370 e. The number of aromatic nitrogens is 5. The molecule has 6 nitrogen and oxygen atoms in total. The van der Waals surface area contributed by atoms with Crippen LogP contribution in [-0.2, 0) is 12.7 Å². The molecule has 1 N–H and O–H groups in total. The van der Waals surface area contributed by atoms with Gasteiger partial charge in [-0.15, -0.1) is 5.10 Å². The van der Waals surface area contributed by atoms with Crippen LogP contribution in [0.25, 0.3) is 11.4 Å². The van der Waals surface area contributed by atoms with Gasteiger partial charge in [-0.3, -0.25) is 0 Å². The number of nitrogens with zero attached hydrogens (tertiary/aromatic N) is 5. The van der Waals surface area contributed by atoms with Crippen LogP contribution in [0.2, 0.25) is 0 Å². The maximum Gasteiger partial charge on any atom is 0.451 e. The Hall–Kier alpha value is -2.19. The van der Waals surface area contributed by atoms with Gasteiger partial charge in [-0.05, 0) is 13.3 Å². The van der Waals surface area contributed by atoms with Gasteiger partial charge in [-0.2, -0.15) is 13.2 Å². The van der Waals surface area contributed by atoms with Crippen molar-refractivity contribution in [3.05, 3.63) is 18.1 Å². The summed E-state index contributed by atoms with van der Waals surface area (Å²) in [4.78, 5) is 7.08. The normalized spacial score (nSPS) is 11.7. The van der Waals surface area contributed by atoms with E-state index < -0.39 is 12.0 Å². The zero-order chi connectivity index (χ0) is 15.5. The van der Waals surface area contributed by atoms with Gasteiger partial charge in [-0.25, -0.2) is 14.6 Å². The molecule has 114 valence electrons. The fraction of sp³-hybridized carbons (Fsp3) is 0.500.